The molecule has 0 unspecified atom stereocenters. The van der Waals surface area contributed by atoms with E-state index in [0.717, 1.165) is 11.1 Å². The third-order valence-corrected chi connectivity index (χ3v) is 6.91. The van der Waals surface area contributed by atoms with Crippen LogP contribution in [0.15, 0.2) is 63.5 Å². The lowest BCUT2D eigenvalue weighted by Crippen LogP contribution is -2.39. The van der Waals surface area contributed by atoms with Crippen LogP contribution < -0.4 is 19.6 Å². The molecule has 1 atom stereocenters. The van der Waals surface area contributed by atoms with Crippen molar-refractivity contribution < 1.29 is 14.3 Å². The largest absolute Gasteiger partial charge is 0.497 e. The molecule has 0 aliphatic carbocycles. The molecule has 0 amide bonds. The highest BCUT2D eigenvalue weighted by Crippen LogP contribution is 2.31. The van der Waals surface area contributed by atoms with Crippen molar-refractivity contribution in [3.8, 4) is 5.75 Å². The molecule has 0 spiro atoms. The van der Waals surface area contributed by atoms with E-state index in [0.29, 0.717) is 36.4 Å². The average molecular weight is 503 g/mol. The molecular weight excluding hydrogens is 483 g/mol. The van der Waals surface area contributed by atoms with Gasteiger partial charge in [-0.1, -0.05) is 52.7 Å². The number of benzene rings is 2. The highest BCUT2D eigenvalue weighted by Gasteiger charge is 2.33. The zero-order chi connectivity index (χ0) is 23.7. The van der Waals surface area contributed by atoms with E-state index in [9.17, 15) is 9.59 Å². The number of aromatic nitrogens is 1. The molecule has 9 heteroatoms. The van der Waals surface area contributed by atoms with Gasteiger partial charge in [-0.2, -0.15) is 0 Å². The van der Waals surface area contributed by atoms with Crippen LogP contribution in [-0.4, -0.2) is 24.3 Å². The van der Waals surface area contributed by atoms with Gasteiger partial charge in [-0.05, 0) is 55.3 Å². The van der Waals surface area contributed by atoms with Gasteiger partial charge in [0, 0.05) is 0 Å². The topological polar surface area (TPSA) is 69.9 Å². The van der Waals surface area contributed by atoms with Gasteiger partial charge in [0.05, 0.1) is 45.6 Å². The quantitative estimate of drug-likeness (QED) is 0.492. The first-order valence-corrected chi connectivity index (χ1v) is 11.7. The Labute approximate surface area is 204 Å². The summed E-state index contributed by atoms with van der Waals surface area (Å²) in [5.41, 5.74) is 2.05. The number of thiazole rings is 1. The molecule has 2 aromatic carbocycles. The number of carbonyl (C=O) groups excluding carboxylic acids is 1. The summed E-state index contributed by atoms with van der Waals surface area (Å²) < 4.78 is 12.6. The van der Waals surface area contributed by atoms with Crippen LogP contribution in [0.25, 0.3) is 6.08 Å². The van der Waals surface area contributed by atoms with Crippen molar-refractivity contribution in [2.24, 2.45) is 4.99 Å². The first-order chi connectivity index (χ1) is 15.8. The number of carbonyl (C=O) groups is 1. The van der Waals surface area contributed by atoms with Crippen LogP contribution in [0.3, 0.4) is 0 Å². The SMILES string of the molecule is CCOC(=O)C1=C(C)N=c2s/c(=C\c3ccc(Cl)c(Cl)c3)c(=O)n2[C@@H]1c1ccc(OC)cc1. The summed E-state index contributed by atoms with van der Waals surface area (Å²) in [7, 11) is 1.58. The fourth-order valence-electron chi connectivity index (χ4n) is 3.65. The lowest BCUT2D eigenvalue weighted by atomic mass is 9.96. The van der Waals surface area contributed by atoms with Gasteiger partial charge in [-0.3, -0.25) is 9.36 Å². The number of hydrogen-bond donors (Lipinski definition) is 0. The second kappa shape index (κ2) is 9.55. The van der Waals surface area contributed by atoms with E-state index in [-0.39, 0.29) is 12.2 Å². The molecule has 0 fully saturated rings. The van der Waals surface area contributed by atoms with Gasteiger partial charge in [0.25, 0.3) is 5.56 Å². The van der Waals surface area contributed by atoms with Gasteiger partial charge < -0.3 is 9.47 Å². The maximum Gasteiger partial charge on any atom is 0.338 e. The molecule has 0 bridgehead atoms. The Bertz CT molecular complexity index is 1440. The van der Waals surface area contributed by atoms with Gasteiger partial charge in [-0.25, -0.2) is 9.79 Å². The molecule has 33 heavy (non-hydrogen) atoms. The molecule has 0 N–H and O–H groups in total. The van der Waals surface area contributed by atoms with Gasteiger partial charge in [0.2, 0.25) is 0 Å². The second-order valence-corrected chi connectivity index (χ2v) is 9.07. The number of fused-ring (bicyclic) bond motifs is 1. The van der Waals surface area contributed by atoms with Gasteiger partial charge >= 0.3 is 5.97 Å². The van der Waals surface area contributed by atoms with Gasteiger partial charge in [0.15, 0.2) is 4.80 Å². The maximum absolute atomic E-state index is 13.5. The maximum atomic E-state index is 13.5. The molecule has 6 nitrogen and oxygen atoms in total. The highest BCUT2D eigenvalue weighted by molar-refractivity contribution is 7.07. The average Bonchev–Trinajstić information content (AvgIpc) is 3.10. The zero-order valence-electron chi connectivity index (χ0n) is 18.1. The van der Waals surface area contributed by atoms with Crippen LogP contribution >= 0.6 is 34.5 Å². The van der Waals surface area contributed by atoms with Crippen LogP contribution in [0, 0.1) is 0 Å². The fourth-order valence-corrected chi connectivity index (χ4v) is 5.00. The summed E-state index contributed by atoms with van der Waals surface area (Å²) in [5, 5.41) is 0.833. The van der Waals surface area contributed by atoms with Crippen LogP contribution in [0.1, 0.15) is 31.0 Å². The summed E-state index contributed by atoms with van der Waals surface area (Å²) in [5.74, 6) is 0.169. The zero-order valence-corrected chi connectivity index (χ0v) is 20.4. The van der Waals surface area contributed by atoms with Crippen molar-refractivity contribution in [1.82, 2.24) is 4.57 Å². The summed E-state index contributed by atoms with van der Waals surface area (Å²) in [6, 6.07) is 11.7. The summed E-state index contributed by atoms with van der Waals surface area (Å²) in [6.45, 7) is 3.70. The van der Waals surface area contributed by atoms with Gasteiger partial charge in [-0.15, -0.1) is 0 Å². The number of nitrogens with zero attached hydrogens (tertiary/aromatic N) is 2. The van der Waals surface area contributed by atoms with Crippen molar-refractivity contribution in [3.63, 3.8) is 0 Å². The van der Waals surface area contributed by atoms with Crippen LogP contribution in [0.2, 0.25) is 10.0 Å². The molecule has 0 saturated carbocycles. The number of ether oxygens (including phenoxy) is 2. The third-order valence-electron chi connectivity index (χ3n) is 5.19. The summed E-state index contributed by atoms with van der Waals surface area (Å²) >= 11 is 13.4. The molecule has 1 aliphatic heterocycles. The Morgan fingerprint density at radius 1 is 1.18 bits per heavy atom. The first kappa shape index (κ1) is 23.3. The lowest BCUT2D eigenvalue weighted by Gasteiger charge is -2.24. The van der Waals surface area contributed by atoms with Gasteiger partial charge in [0.1, 0.15) is 5.75 Å². The standard InChI is InChI=1S/C24H20Cl2N2O4S/c1-4-32-23(30)20-13(2)27-24-28(21(20)15-6-8-16(31-3)9-7-15)22(29)19(33-24)12-14-5-10-17(25)18(26)11-14/h5-12,21H,4H2,1-3H3/b19-12-/t21-/m1/s1. The minimum Gasteiger partial charge on any atom is -0.497 e. The molecule has 3 aromatic rings. The van der Waals surface area contributed by atoms with Crippen LogP contribution in [0.4, 0.5) is 0 Å². The van der Waals surface area contributed by atoms with E-state index in [1.807, 2.05) is 12.1 Å². The van der Waals surface area contributed by atoms with E-state index >= 15 is 0 Å². The fraction of sp³-hybridized carbons (Fsp3) is 0.208. The number of hydrogen-bond acceptors (Lipinski definition) is 6. The Kier molecular flexibility index (Phi) is 6.74. The summed E-state index contributed by atoms with van der Waals surface area (Å²) in [6.07, 6.45) is 1.74. The minimum atomic E-state index is -0.679. The third kappa shape index (κ3) is 4.49. The number of esters is 1. The Morgan fingerprint density at radius 3 is 2.55 bits per heavy atom. The number of allylic oxidation sites excluding steroid dienone is 1. The minimum absolute atomic E-state index is 0.215. The van der Waals surface area contributed by atoms with Crippen molar-refractivity contribution >= 4 is 46.6 Å². The highest BCUT2D eigenvalue weighted by atomic mass is 35.5. The summed E-state index contributed by atoms with van der Waals surface area (Å²) in [4.78, 5) is 31.5. The van der Waals surface area contributed by atoms with Crippen LogP contribution in [0.5, 0.6) is 5.75 Å². The van der Waals surface area contributed by atoms with Crippen molar-refractivity contribution in [2.75, 3.05) is 13.7 Å². The first-order valence-electron chi connectivity index (χ1n) is 10.1. The predicted molar refractivity (Wildman–Crippen MR) is 130 cm³/mol. The molecule has 1 aliphatic rings. The monoisotopic (exact) mass is 502 g/mol. The molecule has 170 valence electrons. The number of rotatable bonds is 5. The molecule has 0 radical (unpaired) electrons. The normalized spacial score (nSPS) is 15.8. The predicted octanol–water partition coefficient (Wildman–Crippen LogP) is 4.11. The Morgan fingerprint density at radius 2 is 1.91 bits per heavy atom. The molecular formula is C24H20Cl2N2O4S. The van der Waals surface area contributed by atoms with E-state index in [4.69, 9.17) is 32.7 Å². The van der Waals surface area contributed by atoms with Crippen molar-refractivity contribution in [3.05, 3.63) is 94.6 Å². The molecule has 4 rings (SSSR count). The van der Waals surface area contributed by atoms with E-state index in [1.54, 1.807) is 57.4 Å². The molecule has 1 aromatic heterocycles. The number of halogens is 2. The second-order valence-electron chi connectivity index (χ2n) is 7.25. The smallest absolute Gasteiger partial charge is 0.338 e. The molecule has 0 saturated heterocycles. The van der Waals surface area contributed by atoms with E-state index in [1.165, 1.54) is 15.9 Å². The van der Waals surface area contributed by atoms with E-state index in [2.05, 4.69) is 4.99 Å². The Hall–Kier alpha value is -2.87. The molecule has 2 heterocycles. The van der Waals surface area contributed by atoms with Crippen LogP contribution in [-0.2, 0) is 9.53 Å². The number of methoxy groups -OCH3 is 1. The van der Waals surface area contributed by atoms with Crippen molar-refractivity contribution in [1.29, 1.82) is 0 Å². The van der Waals surface area contributed by atoms with Crippen molar-refractivity contribution in [2.45, 2.75) is 19.9 Å². The Balaban J connectivity index is 1.94. The lowest BCUT2D eigenvalue weighted by molar-refractivity contribution is -0.139. The van der Waals surface area contributed by atoms with E-state index < -0.39 is 12.0 Å².